The van der Waals surface area contributed by atoms with E-state index in [0.717, 1.165) is 24.2 Å². The molecule has 0 aromatic rings. The van der Waals surface area contributed by atoms with Crippen LogP contribution in [0.1, 0.15) is 20.3 Å². The first-order valence-corrected chi connectivity index (χ1v) is 4.04. The maximum atomic E-state index is 9.52. The second-order valence-electron chi connectivity index (χ2n) is 2.68. The summed E-state index contributed by atoms with van der Waals surface area (Å²) in [6.07, 6.45) is 4.51. The molecule has 0 radical (unpaired) electrons. The Labute approximate surface area is 67.6 Å². The molecule has 0 saturated carbocycles. The largest absolute Gasteiger partial charge is 0.388 e. The van der Waals surface area contributed by atoms with Gasteiger partial charge in [0.1, 0.15) is 0 Å². The first kappa shape index (κ1) is 8.34. The molecule has 0 aromatic heterocycles. The van der Waals surface area contributed by atoms with E-state index in [4.69, 9.17) is 0 Å². The van der Waals surface area contributed by atoms with E-state index in [1.165, 1.54) is 0 Å². The monoisotopic (exact) mass is 153 g/mol. The number of nitrogens with one attached hydrogen (secondary N) is 1. The summed E-state index contributed by atoms with van der Waals surface area (Å²) < 4.78 is 0. The van der Waals surface area contributed by atoms with Crippen molar-refractivity contribution in [3.8, 4) is 0 Å². The highest BCUT2D eigenvalue weighted by atomic mass is 16.3. The number of aliphatic hydroxyl groups excluding tert-OH is 1. The number of rotatable bonds is 0. The van der Waals surface area contributed by atoms with Gasteiger partial charge < -0.3 is 10.4 Å². The quantitative estimate of drug-likeness (QED) is 0.548. The number of hydrogen-bond acceptors (Lipinski definition) is 2. The molecule has 0 bridgehead atoms. The van der Waals surface area contributed by atoms with Gasteiger partial charge in [0.2, 0.25) is 0 Å². The minimum atomic E-state index is -0.271. The Bertz CT molecular complexity index is 194. The average Bonchev–Trinajstić information content (AvgIpc) is 2.04. The van der Waals surface area contributed by atoms with Crippen molar-refractivity contribution in [3.05, 3.63) is 23.4 Å². The first-order valence-electron chi connectivity index (χ1n) is 4.04. The standard InChI is InChI=1S/C9H15NO/c1-3-7-8(4-2)10-6-5-9(7)11/h3-4,9-11H,5-6H2,1-2H3/b7-3+,8-4+. The van der Waals surface area contributed by atoms with Gasteiger partial charge in [-0.25, -0.2) is 0 Å². The highest BCUT2D eigenvalue weighted by molar-refractivity contribution is 5.33. The Morgan fingerprint density at radius 3 is 2.64 bits per heavy atom. The van der Waals surface area contributed by atoms with E-state index in [-0.39, 0.29) is 6.10 Å². The van der Waals surface area contributed by atoms with E-state index in [1.807, 2.05) is 26.0 Å². The lowest BCUT2D eigenvalue weighted by Crippen LogP contribution is -2.31. The minimum Gasteiger partial charge on any atom is -0.388 e. The topological polar surface area (TPSA) is 32.3 Å². The van der Waals surface area contributed by atoms with Crippen LogP contribution in [0.4, 0.5) is 0 Å². The number of hydrogen-bond donors (Lipinski definition) is 2. The van der Waals surface area contributed by atoms with Gasteiger partial charge in [0.25, 0.3) is 0 Å². The molecule has 1 rings (SSSR count). The van der Waals surface area contributed by atoms with Crippen LogP contribution < -0.4 is 5.32 Å². The lowest BCUT2D eigenvalue weighted by atomic mass is 9.99. The van der Waals surface area contributed by atoms with E-state index in [0.29, 0.717) is 0 Å². The molecule has 2 heteroatoms. The SMILES string of the molecule is C/C=C1/NCCC(O)/C1=C/C. The average molecular weight is 153 g/mol. The molecule has 1 unspecified atom stereocenters. The third-order valence-corrected chi connectivity index (χ3v) is 2.00. The molecular weight excluding hydrogens is 138 g/mol. The van der Waals surface area contributed by atoms with Crippen molar-refractivity contribution >= 4 is 0 Å². The molecule has 1 aliphatic rings. The molecule has 0 amide bonds. The van der Waals surface area contributed by atoms with Crippen molar-refractivity contribution in [2.24, 2.45) is 0 Å². The zero-order chi connectivity index (χ0) is 8.27. The normalized spacial score (nSPS) is 32.5. The lowest BCUT2D eigenvalue weighted by molar-refractivity contribution is 0.192. The second-order valence-corrected chi connectivity index (χ2v) is 2.68. The van der Waals surface area contributed by atoms with Crippen molar-refractivity contribution in [2.45, 2.75) is 26.4 Å². The fourth-order valence-electron chi connectivity index (χ4n) is 1.40. The van der Waals surface area contributed by atoms with E-state index < -0.39 is 0 Å². The molecule has 62 valence electrons. The summed E-state index contributed by atoms with van der Waals surface area (Å²) in [5, 5.41) is 12.8. The van der Waals surface area contributed by atoms with Crippen molar-refractivity contribution in [1.29, 1.82) is 0 Å². The van der Waals surface area contributed by atoms with E-state index >= 15 is 0 Å². The highest BCUT2D eigenvalue weighted by Gasteiger charge is 2.17. The Hall–Kier alpha value is -0.760. The van der Waals surface area contributed by atoms with Gasteiger partial charge in [-0.2, -0.15) is 0 Å². The summed E-state index contributed by atoms with van der Waals surface area (Å²) in [6.45, 7) is 4.80. The van der Waals surface area contributed by atoms with Crippen LogP contribution >= 0.6 is 0 Å². The van der Waals surface area contributed by atoms with Gasteiger partial charge >= 0.3 is 0 Å². The zero-order valence-corrected chi connectivity index (χ0v) is 7.09. The summed E-state index contributed by atoms with van der Waals surface area (Å²) in [5.41, 5.74) is 2.10. The van der Waals surface area contributed by atoms with Gasteiger partial charge in [-0.15, -0.1) is 0 Å². The molecule has 1 fully saturated rings. The summed E-state index contributed by atoms with van der Waals surface area (Å²) in [4.78, 5) is 0. The van der Waals surface area contributed by atoms with Crippen LogP contribution in [0.5, 0.6) is 0 Å². The zero-order valence-electron chi connectivity index (χ0n) is 7.09. The van der Waals surface area contributed by atoms with Gasteiger partial charge in [-0.3, -0.25) is 0 Å². The number of allylic oxidation sites excluding steroid dienone is 2. The second kappa shape index (κ2) is 3.58. The maximum Gasteiger partial charge on any atom is 0.0823 e. The smallest absolute Gasteiger partial charge is 0.0823 e. The van der Waals surface area contributed by atoms with Crippen LogP contribution in [0.25, 0.3) is 0 Å². The van der Waals surface area contributed by atoms with Crippen molar-refractivity contribution in [3.63, 3.8) is 0 Å². The lowest BCUT2D eigenvalue weighted by Gasteiger charge is -2.25. The van der Waals surface area contributed by atoms with Crippen molar-refractivity contribution < 1.29 is 5.11 Å². The van der Waals surface area contributed by atoms with Crippen LogP contribution in [0, 0.1) is 0 Å². The molecule has 1 heterocycles. The predicted molar refractivity (Wildman–Crippen MR) is 46.1 cm³/mol. The van der Waals surface area contributed by atoms with Crippen molar-refractivity contribution in [2.75, 3.05) is 6.54 Å². The molecule has 1 aliphatic heterocycles. The Morgan fingerprint density at radius 2 is 2.18 bits per heavy atom. The summed E-state index contributed by atoms with van der Waals surface area (Å²) >= 11 is 0. The molecule has 1 saturated heterocycles. The van der Waals surface area contributed by atoms with Crippen LogP contribution in [0.15, 0.2) is 23.4 Å². The third-order valence-electron chi connectivity index (χ3n) is 2.00. The van der Waals surface area contributed by atoms with E-state index in [1.54, 1.807) is 0 Å². The summed E-state index contributed by atoms with van der Waals surface area (Å²) in [7, 11) is 0. The summed E-state index contributed by atoms with van der Waals surface area (Å²) in [6, 6.07) is 0. The van der Waals surface area contributed by atoms with Gasteiger partial charge in [-0.1, -0.05) is 12.2 Å². The number of piperidine rings is 1. The van der Waals surface area contributed by atoms with Crippen LogP contribution in [0.2, 0.25) is 0 Å². The van der Waals surface area contributed by atoms with E-state index in [9.17, 15) is 5.11 Å². The fourth-order valence-corrected chi connectivity index (χ4v) is 1.40. The molecule has 2 nitrogen and oxygen atoms in total. The van der Waals surface area contributed by atoms with E-state index in [2.05, 4.69) is 5.32 Å². The first-order chi connectivity index (χ1) is 5.29. The summed E-state index contributed by atoms with van der Waals surface area (Å²) in [5.74, 6) is 0. The van der Waals surface area contributed by atoms with Crippen molar-refractivity contribution in [1.82, 2.24) is 5.32 Å². The molecule has 0 spiro atoms. The Kier molecular flexibility index (Phi) is 2.71. The molecule has 0 aromatic carbocycles. The van der Waals surface area contributed by atoms with Gasteiger partial charge in [0, 0.05) is 12.2 Å². The predicted octanol–water partition coefficient (Wildman–Crippen LogP) is 1.19. The molecule has 1 atom stereocenters. The fraction of sp³-hybridized carbons (Fsp3) is 0.556. The van der Waals surface area contributed by atoms with Gasteiger partial charge in [-0.05, 0) is 25.8 Å². The molecule has 0 aliphatic carbocycles. The molecule has 11 heavy (non-hydrogen) atoms. The van der Waals surface area contributed by atoms with Crippen LogP contribution in [-0.2, 0) is 0 Å². The third kappa shape index (κ3) is 1.63. The Morgan fingerprint density at radius 1 is 1.45 bits per heavy atom. The Balaban J connectivity index is 2.81. The molecule has 2 N–H and O–H groups in total. The van der Waals surface area contributed by atoms with Crippen LogP contribution in [0.3, 0.4) is 0 Å². The van der Waals surface area contributed by atoms with Crippen LogP contribution in [-0.4, -0.2) is 17.8 Å². The van der Waals surface area contributed by atoms with Gasteiger partial charge in [0.15, 0.2) is 0 Å². The minimum absolute atomic E-state index is 0.271. The van der Waals surface area contributed by atoms with Gasteiger partial charge in [0.05, 0.1) is 6.10 Å². The maximum absolute atomic E-state index is 9.52. The number of aliphatic hydroxyl groups is 1. The molecular formula is C9H15NO. The highest BCUT2D eigenvalue weighted by Crippen LogP contribution is 2.18.